The summed E-state index contributed by atoms with van der Waals surface area (Å²) in [5.41, 5.74) is 3.03. The van der Waals surface area contributed by atoms with Crippen molar-refractivity contribution in [2.75, 3.05) is 25.6 Å². The lowest BCUT2D eigenvalue weighted by molar-refractivity contribution is -0.122. The molecule has 1 fully saturated rings. The van der Waals surface area contributed by atoms with Gasteiger partial charge in [0.1, 0.15) is 10.7 Å². The fourth-order valence-electron chi connectivity index (χ4n) is 3.81. The van der Waals surface area contributed by atoms with Gasteiger partial charge in [-0.15, -0.1) is 0 Å². The molecule has 172 valence electrons. The number of methoxy groups -OCH3 is 1. The quantitative estimate of drug-likeness (QED) is 0.331. The first-order valence-electron chi connectivity index (χ1n) is 10.8. The third kappa shape index (κ3) is 4.62. The van der Waals surface area contributed by atoms with E-state index in [1.54, 1.807) is 23.8 Å². The number of carbonyl (C=O) groups excluding carboxylic acids is 1. The van der Waals surface area contributed by atoms with E-state index in [2.05, 4.69) is 33.0 Å². The monoisotopic (exact) mass is 551 g/mol. The number of nitrogens with zero attached hydrogens (tertiary/aromatic N) is 3. The van der Waals surface area contributed by atoms with Gasteiger partial charge in [0.05, 0.1) is 23.5 Å². The van der Waals surface area contributed by atoms with Crippen molar-refractivity contribution in [2.45, 2.75) is 11.3 Å². The molecule has 3 aromatic rings. The highest BCUT2D eigenvalue weighted by Gasteiger charge is 2.39. The number of carbonyl (C=O) groups is 1. The standard InChI is InChI=1S/C26H22BrN3O2S2/c1-29-21-16-20(32-2)11-12-22(21)33-25(29)23-24(31)30(14-13-17-7-4-3-5-8-17)26(34-23)28-19-10-6-9-18(27)15-19/h3-12,15-16H,13-14H2,1-2H3. The lowest BCUT2D eigenvalue weighted by atomic mass is 10.1. The van der Waals surface area contributed by atoms with Gasteiger partial charge in [0.25, 0.3) is 5.91 Å². The van der Waals surface area contributed by atoms with Gasteiger partial charge in [0.15, 0.2) is 5.17 Å². The molecule has 0 unspecified atom stereocenters. The van der Waals surface area contributed by atoms with Crippen molar-refractivity contribution in [2.24, 2.45) is 4.99 Å². The summed E-state index contributed by atoms with van der Waals surface area (Å²) in [5.74, 6) is 0.785. The van der Waals surface area contributed by atoms with Crippen LogP contribution in [0.5, 0.6) is 5.75 Å². The SMILES string of the molecule is COc1ccc2c(c1)N(C)C(=C1SC(=Nc3cccc(Br)c3)N(CCc3ccccc3)C1=O)S2. The van der Waals surface area contributed by atoms with Crippen LogP contribution in [0.25, 0.3) is 0 Å². The van der Waals surface area contributed by atoms with Crippen LogP contribution in [0.1, 0.15) is 5.56 Å². The van der Waals surface area contributed by atoms with Gasteiger partial charge in [-0.3, -0.25) is 9.69 Å². The first-order valence-corrected chi connectivity index (χ1v) is 13.2. The topological polar surface area (TPSA) is 45.1 Å². The van der Waals surface area contributed by atoms with Gasteiger partial charge in [-0.1, -0.05) is 64.1 Å². The summed E-state index contributed by atoms with van der Waals surface area (Å²) in [7, 11) is 3.65. The summed E-state index contributed by atoms with van der Waals surface area (Å²) < 4.78 is 6.35. The average Bonchev–Trinajstić information content (AvgIpc) is 3.33. The van der Waals surface area contributed by atoms with Crippen LogP contribution in [0.3, 0.4) is 0 Å². The molecule has 0 aromatic heterocycles. The van der Waals surface area contributed by atoms with E-state index in [1.165, 1.54) is 17.3 Å². The van der Waals surface area contributed by atoms with E-state index in [1.807, 2.05) is 67.7 Å². The maximum atomic E-state index is 13.7. The molecule has 0 radical (unpaired) electrons. The Labute approximate surface area is 216 Å². The number of thioether (sulfide) groups is 2. The van der Waals surface area contributed by atoms with E-state index < -0.39 is 0 Å². The minimum Gasteiger partial charge on any atom is -0.497 e. The Balaban J connectivity index is 1.50. The largest absolute Gasteiger partial charge is 0.497 e. The number of aliphatic imine (C=N–C) groups is 1. The van der Waals surface area contributed by atoms with Gasteiger partial charge >= 0.3 is 0 Å². The third-order valence-corrected chi connectivity index (χ3v) is 8.52. The maximum Gasteiger partial charge on any atom is 0.269 e. The van der Waals surface area contributed by atoms with E-state index in [9.17, 15) is 4.79 Å². The van der Waals surface area contributed by atoms with E-state index >= 15 is 0 Å². The second-order valence-corrected chi connectivity index (χ2v) is 10.7. The van der Waals surface area contributed by atoms with Gasteiger partial charge in [-0.2, -0.15) is 0 Å². The van der Waals surface area contributed by atoms with Crippen LogP contribution in [0.15, 0.2) is 97.1 Å². The Morgan fingerprint density at radius 2 is 1.82 bits per heavy atom. The van der Waals surface area contributed by atoms with E-state index in [0.29, 0.717) is 16.6 Å². The minimum atomic E-state index is -0.0104. The first kappa shape index (κ1) is 23.1. The molecule has 1 saturated heterocycles. The normalized spacial score (nSPS) is 18.7. The Hall–Kier alpha value is -2.68. The van der Waals surface area contributed by atoms with Crippen molar-refractivity contribution in [3.05, 3.63) is 92.8 Å². The molecule has 2 heterocycles. The average molecular weight is 553 g/mol. The number of fused-ring (bicyclic) bond motifs is 1. The molecule has 5 rings (SSSR count). The molecule has 2 aliphatic rings. The number of benzene rings is 3. The summed E-state index contributed by atoms with van der Waals surface area (Å²) in [6.07, 6.45) is 0.758. The number of halogens is 1. The molecular weight excluding hydrogens is 530 g/mol. The molecule has 1 amide bonds. The van der Waals surface area contributed by atoms with Crippen LogP contribution < -0.4 is 9.64 Å². The Bertz CT molecular complexity index is 1310. The van der Waals surface area contributed by atoms with Crippen LogP contribution in [-0.2, 0) is 11.2 Å². The predicted molar refractivity (Wildman–Crippen MR) is 145 cm³/mol. The van der Waals surface area contributed by atoms with E-state index in [0.717, 1.165) is 37.9 Å². The predicted octanol–water partition coefficient (Wildman–Crippen LogP) is 6.67. The van der Waals surface area contributed by atoms with Crippen LogP contribution in [0, 0.1) is 0 Å². The molecule has 34 heavy (non-hydrogen) atoms. The Morgan fingerprint density at radius 1 is 1.00 bits per heavy atom. The summed E-state index contributed by atoms with van der Waals surface area (Å²) in [5, 5.41) is 1.62. The molecule has 3 aromatic carbocycles. The van der Waals surface area contributed by atoms with E-state index in [4.69, 9.17) is 9.73 Å². The Morgan fingerprint density at radius 3 is 2.59 bits per heavy atom. The number of anilines is 1. The van der Waals surface area contributed by atoms with Gasteiger partial charge in [-0.05, 0) is 54.1 Å². The highest BCUT2D eigenvalue weighted by Crippen LogP contribution is 2.51. The summed E-state index contributed by atoms with van der Waals surface area (Å²) in [6, 6.07) is 24.0. The number of ether oxygens (including phenoxy) is 1. The van der Waals surface area contributed by atoms with Crippen molar-refractivity contribution in [3.8, 4) is 5.75 Å². The zero-order chi connectivity index (χ0) is 23.7. The van der Waals surface area contributed by atoms with Crippen molar-refractivity contribution < 1.29 is 9.53 Å². The van der Waals surface area contributed by atoms with Crippen molar-refractivity contribution in [3.63, 3.8) is 0 Å². The third-order valence-electron chi connectivity index (χ3n) is 5.60. The lowest BCUT2D eigenvalue weighted by Crippen LogP contribution is -2.31. The van der Waals surface area contributed by atoms with Crippen LogP contribution in [0.4, 0.5) is 11.4 Å². The summed E-state index contributed by atoms with van der Waals surface area (Å²) in [4.78, 5) is 24.2. The van der Waals surface area contributed by atoms with Crippen molar-refractivity contribution in [1.82, 2.24) is 4.90 Å². The maximum absolute atomic E-state index is 13.7. The minimum absolute atomic E-state index is 0.0104. The molecule has 0 aliphatic carbocycles. The number of rotatable bonds is 5. The highest BCUT2D eigenvalue weighted by atomic mass is 79.9. The second kappa shape index (κ2) is 9.90. The molecule has 8 heteroatoms. The smallest absolute Gasteiger partial charge is 0.269 e. The van der Waals surface area contributed by atoms with Crippen molar-refractivity contribution >= 4 is 61.9 Å². The number of hydrogen-bond acceptors (Lipinski definition) is 6. The second-order valence-electron chi connectivity index (χ2n) is 7.80. The molecular formula is C26H22BrN3O2S2. The van der Waals surface area contributed by atoms with E-state index in [-0.39, 0.29) is 5.91 Å². The first-order chi connectivity index (χ1) is 16.5. The van der Waals surface area contributed by atoms with Crippen LogP contribution in [-0.4, -0.2) is 36.7 Å². The highest BCUT2D eigenvalue weighted by molar-refractivity contribution is 9.10. The van der Waals surface area contributed by atoms with Gasteiger partial charge in [-0.25, -0.2) is 4.99 Å². The number of amides is 1. The number of hydrogen-bond donors (Lipinski definition) is 0. The van der Waals surface area contributed by atoms with Crippen molar-refractivity contribution in [1.29, 1.82) is 0 Å². The zero-order valence-corrected chi connectivity index (χ0v) is 21.9. The number of amidine groups is 1. The van der Waals surface area contributed by atoms with Crippen LogP contribution in [0.2, 0.25) is 0 Å². The summed E-state index contributed by atoms with van der Waals surface area (Å²) in [6.45, 7) is 0.564. The van der Waals surface area contributed by atoms with Gasteiger partial charge < -0.3 is 9.64 Å². The molecule has 0 N–H and O–H groups in total. The molecule has 5 nitrogen and oxygen atoms in total. The van der Waals surface area contributed by atoms with Gasteiger partial charge in [0, 0.05) is 29.0 Å². The lowest BCUT2D eigenvalue weighted by Gasteiger charge is -2.17. The van der Waals surface area contributed by atoms with Crippen LogP contribution >= 0.6 is 39.5 Å². The molecule has 0 spiro atoms. The Kier molecular flexibility index (Phi) is 6.72. The fraction of sp³-hybridized carbons (Fsp3) is 0.154. The molecule has 0 bridgehead atoms. The molecule has 0 atom stereocenters. The molecule has 2 aliphatic heterocycles. The van der Waals surface area contributed by atoms with Gasteiger partial charge in [0.2, 0.25) is 0 Å². The fourth-order valence-corrected chi connectivity index (χ4v) is 6.55. The summed E-state index contributed by atoms with van der Waals surface area (Å²) >= 11 is 6.57. The zero-order valence-electron chi connectivity index (χ0n) is 18.7. The molecule has 0 saturated carbocycles.